The van der Waals surface area contributed by atoms with E-state index in [2.05, 4.69) is 15.6 Å². The molecule has 5 rings (SSSR count). The minimum atomic E-state index is -0.898. The van der Waals surface area contributed by atoms with Crippen molar-refractivity contribution in [3.05, 3.63) is 101 Å². The highest BCUT2D eigenvalue weighted by atomic mass is 32.2. The lowest BCUT2D eigenvalue weighted by molar-refractivity contribution is -0.132. The number of carbonyl (C=O) groups excluding carboxylic acids is 3. The number of amides is 3. The molecule has 2 aromatic carbocycles. The van der Waals surface area contributed by atoms with Crippen LogP contribution in [0, 0.1) is 0 Å². The molecule has 1 saturated heterocycles. The van der Waals surface area contributed by atoms with Gasteiger partial charge in [0.05, 0.1) is 0 Å². The molecule has 35 heavy (non-hydrogen) atoms. The number of hydrogen-bond acceptors (Lipinski definition) is 5. The van der Waals surface area contributed by atoms with Crippen LogP contribution in [0.3, 0.4) is 0 Å². The number of nitrogens with zero attached hydrogens (tertiary/aromatic N) is 2. The van der Waals surface area contributed by atoms with Gasteiger partial charge in [0.2, 0.25) is 11.8 Å². The normalized spacial score (nSPS) is 20.6. The van der Waals surface area contributed by atoms with E-state index in [4.69, 9.17) is 0 Å². The Morgan fingerprint density at radius 1 is 1.03 bits per heavy atom. The fourth-order valence-electron chi connectivity index (χ4n) is 4.76. The van der Waals surface area contributed by atoms with E-state index in [1.165, 1.54) is 0 Å². The Kier molecular flexibility index (Phi) is 6.06. The van der Waals surface area contributed by atoms with Gasteiger partial charge in [-0.25, -0.2) is 0 Å². The van der Waals surface area contributed by atoms with Crippen molar-refractivity contribution in [2.45, 2.75) is 42.6 Å². The van der Waals surface area contributed by atoms with Crippen LogP contribution in [-0.4, -0.2) is 38.4 Å². The van der Waals surface area contributed by atoms with Crippen LogP contribution in [0.2, 0.25) is 0 Å². The quantitative estimate of drug-likeness (QED) is 0.556. The molecule has 3 atom stereocenters. The van der Waals surface area contributed by atoms with Crippen molar-refractivity contribution < 1.29 is 14.4 Å². The van der Waals surface area contributed by atoms with Crippen LogP contribution < -0.4 is 10.6 Å². The summed E-state index contributed by atoms with van der Waals surface area (Å²) in [5.74, 6) is -0.821. The van der Waals surface area contributed by atoms with Crippen molar-refractivity contribution in [2.24, 2.45) is 0 Å². The maximum absolute atomic E-state index is 13.8. The smallest absolute Gasteiger partial charge is 0.256 e. The Balaban J connectivity index is 1.40. The summed E-state index contributed by atoms with van der Waals surface area (Å²) in [6.45, 7) is 4.25. The van der Waals surface area contributed by atoms with Crippen molar-refractivity contribution in [3.63, 3.8) is 0 Å². The predicted molar refractivity (Wildman–Crippen MR) is 134 cm³/mol. The highest BCUT2D eigenvalue weighted by molar-refractivity contribution is 8.01. The maximum Gasteiger partial charge on any atom is 0.256 e. The van der Waals surface area contributed by atoms with E-state index < -0.39 is 16.8 Å². The predicted octanol–water partition coefficient (Wildman–Crippen LogP) is 3.60. The summed E-state index contributed by atoms with van der Waals surface area (Å²) >= 11 is 1.60. The zero-order chi connectivity index (χ0) is 24.6. The number of thioether (sulfide) groups is 1. The summed E-state index contributed by atoms with van der Waals surface area (Å²) in [6, 6.07) is 18.7. The van der Waals surface area contributed by atoms with E-state index in [0.29, 0.717) is 17.7 Å². The van der Waals surface area contributed by atoms with Gasteiger partial charge in [-0.05, 0) is 48.7 Å². The highest BCUT2D eigenvalue weighted by Crippen LogP contribution is 2.56. The first-order valence-corrected chi connectivity index (χ1v) is 12.4. The molecular formula is C27H26N4O3S. The maximum atomic E-state index is 13.8. The first-order chi connectivity index (χ1) is 16.9. The third-order valence-electron chi connectivity index (χ3n) is 6.44. The van der Waals surface area contributed by atoms with Gasteiger partial charge in [0.25, 0.3) is 5.91 Å². The average molecular weight is 487 g/mol. The molecular weight excluding hydrogens is 460 g/mol. The Morgan fingerprint density at radius 2 is 1.71 bits per heavy atom. The van der Waals surface area contributed by atoms with Crippen molar-refractivity contribution in [1.29, 1.82) is 0 Å². The minimum Gasteiger partial charge on any atom is -0.350 e. The number of nitrogens with one attached hydrogen (secondary N) is 2. The SMILES string of the molecule is CC1(C)S[C@@H]2c3ccccc3C(=O)N2[C@H]1C(=O)N[C@H](C(=O)NCc1ccncc1)c1ccccc1. The second-order valence-electron chi connectivity index (χ2n) is 9.20. The average Bonchev–Trinajstić information content (AvgIpc) is 3.30. The fraction of sp³-hybridized carbons (Fsp3) is 0.259. The van der Waals surface area contributed by atoms with Gasteiger partial charge in [-0.15, -0.1) is 11.8 Å². The molecule has 178 valence electrons. The molecule has 1 aromatic heterocycles. The van der Waals surface area contributed by atoms with Gasteiger partial charge in [-0.1, -0.05) is 48.5 Å². The number of hydrogen-bond donors (Lipinski definition) is 2. The van der Waals surface area contributed by atoms with E-state index in [1.54, 1.807) is 35.1 Å². The molecule has 7 nitrogen and oxygen atoms in total. The summed E-state index contributed by atoms with van der Waals surface area (Å²) in [7, 11) is 0. The lowest BCUT2D eigenvalue weighted by Crippen LogP contribution is -2.54. The fourth-order valence-corrected chi connectivity index (χ4v) is 6.35. The summed E-state index contributed by atoms with van der Waals surface area (Å²) in [6.07, 6.45) is 3.33. The molecule has 0 spiro atoms. The second-order valence-corrected chi connectivity index (χ2v) is 10.9. The molecule has 3 heterocycles. The number of rotatable bonds is 6. The monoisotopic (exact) mass is 486 g/mol. The van der Waals surface area contributed by atoms with Crippen LogP contribution >= 0.6 is 11.8 Å². The summed E-state index contributed by atoms with van der Waals surface area (Å²) in [5, 5.41) is 5.65. The number of carbonyl (C=O) groups is 3. The Bertz CT molecular complexity index is 1270. The molecule has 2 aliphatic heterocycles. The molecule has 0 unspecified atom stereocenters. The van der Waals surface area contributed by atoms with Crippen LogP contribution in [0.1, 0.15) is 52.3 Å². The third kappa shape index (κ3) is 4.30. The van der Waals surface area contributed by atoms with Gasteiger partial charge in [0.15, 0.2) is 0 Å². The first kappa shape index (κ1) is 23.1. The van der Waals surface area contributed by atoms with Gasteiger partial charge in [-0.3, -0.25) is 19.4 Å². The van der Waals surface area contributed by atoms with E-state index in [1.807, 2.05) is 74.5 Å². The van der Waals surface area contributed by atoms with Crippen molar-refractivity contribution in [3.8, 4) is 0 Å². The van der Waals surface area contributed by atoms with Crippen LogP contribution in [0.5, 0.6) is 0 Å². The van der Waals surface area contributed by atoms with Gasteiger partial charge >= 0.3 is 0 Å². The largest absolute Gasteiger partial charge is 0.350 e. The third-order valence-corrected chi connectivity index (χ3v) is 7.98. The topological polar surface area (TPSA) is 91.4 Å². The lowest BCUT2D eigenvalue weighted by Gasteiger charge is -2.31. The Labute approximate surface area is 208 Å². The number of benzene rings is 2. The summed E-state index contributed by atoms with van der Waals surface area (Å²) in [4.78, 5) is 46.0. The molecule has 1 fully saturated rings. The van der Waals surface area contributed by atoms with Crippen LogP contribution in [-0.2, 0) is 16.1 Å². The van der Waals surface area contributed by atoms with E-state index in [9.17, 15) is 14.4 Å². The lowest BCUT2D eigenvalue weighted by atomic mass is 9.99. The standard InChI is InChI=1S/C27H26N4O3S/c1-27(2)22(31-25(34)19-10-6-7-11-20(19)26(31)35-27)24(33)30-21(18-8-4-3-5-9-18)23(32)29-16-17-12-14-28-15-13-17/h3-15,21-22,26H,16H2,1-2H3,(H,29,32)(H,30,33)/t21-,22-,26+/m0/s1. The van der Waals surface area contributed by atoms with Crippen molar-refractivity contribution in [1.82, 2.24) is 20.5 Å². The van der Waals surface area contributed by atoms with Crippen LogP contribution in [0.25, 0.3) is 0 Å². The van der Waals surface area contributed by atoms with Gasteiger partial charge in [0.1, 0.15) is 17.5 Å². The molecule has 8 heteroatoms. The molecule has 2 N–H and O–H groups in total. The summed E-state index contributed by atoms with van der Waals surface area (Å²) in [5.41, 5.74) is 3.14. The first-order valence-electron chi connectivity index (χ1n) is 11.5. The van der Waals surface area contributed by atoms with E-state index >= 15 is 0 Å². The molecule has 0 radical (unpaired) electrons. The number of fused-ring (bicyclic) bond motifs is 3. The van der Waals surface area contributed by atoms with Gasteiger partial charge < -0.3 is 15.5 Å². The molecule has 0 aliphatic carbocycles. The number of pyridine rings is 1. The van der Waals surface area contributed by atoms with E-state index in [0.717, 1.165) is 11.1 Å². The molecule has 0 saturated carbocycles. The highest BCUT2D eigenvalue weighted by Gasteiger charge is 2.57. The minimum absolute atomic E-state index is 0.151. The van der Waals surface area contributed by atoms with Gasteiger partial charge in [-0.2, -0.15) is 0 Å². The van der Waals surface area contributed by atoms with Crippen molar-refractivity contribution >= 4 is 29.5 Å². The second kappa shape index (κ2) is 9.19. The zero-order valence-electron chi connectivity index (χ0n) is 19.5. The van der Waals surface area contributed by atoms with Crippen LogP contribution in [0.4, 0.5) is 0 Å². The summed E-state index contributed by atoms with van der Waals surface area (Å²) < 4.78 is -0.535. The Hall–Kier alpha value is -3.65. The van der Waals surface area contributed by atoms with Crippen LogP contribution in [0.15, 0.2) is 79.1 Å². The molecule has 2 aliphatic rings. The number of aromatic nitrogens is 1. The zero-order valence-corrected chi connectivity index (χ0v) is 20.3. The van der Waals surface area contributed by atoms with E-state index in [-0.39, 0.29) is 23.1 Å². The van der Waals surface area contributed by atoms with Gasteiger partial charge in [0, 0.05) is 29.2 Å². The van der Waals surface area contributed by atoms with Crippen molar-refractivity contribution in [2.75, 3.05) is 0 Å². The Morgan fingerprint density at radius 3 is 2.46 bits per heavy atom. The molecule has 3 aromatic rings. The molecule has 3 amide bonds. The molecule has 0 bridgehead atoms.